The van der Waals surface area contributed by atoms with E-state index >= 15 is 0 Å². The van der Waals surface area contributed by atoms with Gasteiger partial charge in [0.15, 0.2) is 5.84 Å². The molecule has 12 heteroatoms. The van der Waals surface area contributed by atoms with Crippen LogP contribution in [0.2, 0.25) is 0 Å². The van der Waals surface area contributed by atoms with Gasteiger partial charge in [0.1, 0.15) is 12.1 Å². The largest absolute Gasteiger partial charge is 0.380 e. The molecule has 2 aromatic carbocycles. The van der Waals surface area contributed by atoms with Gasteiger partial charge in [0.25, 0.3) is 0 Å². The molecule has 1 saturated heterocycles. The summed E-state index contributed by atoms with van der Waals surface area (Å²) >= 11 is 0. The number of nitrogens with one attached hydrogen (secondary N) is 3. The lowest BCUT2D eigenvalue weighted by molar-refractivity contribution is -0.146. The molecule has 10 nitrogen and oxygen atoms in total. The van der Waals surface area contributed by atoms with Crippen molar-refractivity contribution >= 4 is 48.4 Å². The molecule has 1 heterocycles. The summed E-state index contributed by atoms with van der Waals surface area (Å²) in [6.45, 7) is 6.29. The van der Waals surface area contributed by atoms with Crippen LogP contribution in [0.5, 0.6) is 0 Å². The fraction of sp³-hybridized carbons (Fsp3) is 0.429. The smallest absolute Gasteiger partial charge is 0.351 e. The van der Waals surface area contributed by atoms with Crippen molar-refractivity contribution in [3.8, 4) is 0 Å². The predicted octanol–water partition coefficient (Wildman–Crippen LogP) is 2.33. The minimum atomic E-state index is -0.783. The van der Waals surface area contributed by atoms with Gasteiger partial charge in [0.2, 0.25) is 11.8 Å². The van der Waals surface area contributed by atoms with Gasteiger partial charge in [-0.05, 0) is 49.3 Å². The number of amides is 2. The number of amidine groups is 1. The van der Waals surface area contributed by atoms with Gasteiger partial charge >= 0.3 is 5.97 Å². The second kappa shape index (κ2) is 16.8. The Kier molecular flexibility index (Phi) is 14.6. The van der Waals surface area contributed by atoms with Crippen LogP contribution in [-0.2, 0) is 25.8 Å². The molecule has 0 bridgehead atoms. The van der Waals surface area contributed by atoms with E-state index in [2.05, 4.69) is 33.2 Å². The number of carbonyl (C=O) groups is 3. The highest BCUT2D eigenvalue weighted by atomic mass is 35.5. The fourth-order valence-corrected chi connectivity index (χ4v) is 4.14. The monoisotopic (exact) mass is 594 g/mol. The SMILES string of the molecule is CC(C)[C@H](N)C(=O)O/N=C(\N)c1ccc(CNC(=O)[C@H](C)NC(=O)[C@H]2C[C@@H](c3ccccc3)CCN2)cc1.Cl.Cl. The number of piperidine rings is 1. The lowest BCUT2D eigenvalue weighted by Gasteiger charge is -2.30. The van der Waals surface area contributed by atoms with Crippen LogP contribution in [0.4, 0.5) is 0 Å². The Bertz CT molecular complexity index is 1130. The number of carbonyl (C=O) groups excluding carboxylic acids is 3. The minimum absolute atomic E-state index is 0. The lowest BCUT2D eigenvalue weighted by Crippen LogP contribution is -2.53. The lowest BCUT2D eigenvalue weighted by atomic mass is 9.86. The van der Waals surface area contributed by atoms with Crippen molar-refractivity contribution in [2.45, 2.75) is 64.2 Å². The first kappa shape index (κ1) is 34.8. The van der Waals surface area contributed by atoms with Gasteiger partial charge in [-0.3, -0.25) is 9.59 Å². The molecule has 0 spiro atoms. The fourth-order valence-electron chi connectivity index (χ4n) is 4.14. The van der Waals surface area contributed by atoms with E-state index in [1.165, 1.54) is 5.56 Å². The summed E-state index contributed by atoms with van der Waals surface area (Å²) in [4.78, 5) is 42.1. The van der Waals surface area contributed by atoms with Gasteiger partial charge in [-0.15, -0.1) is 24.8 Å². The zero-order chi connectivity index (χ0) is 27.7. The summed E-state index contributed by atoms with van der Waals surface area (Å²) in [6.07, 6.45) is 1.66. The Labute approximate surface area is 247 Å². The van der Waals surface area contributed by atoms with E-state index in [9.17, 15) is 14.4 Å². The van der Waals surface area contributed by atoms with Crippen LogP contribution in [0.25, 0.3) is 0 Å². The summed E-state index contributed by atoms with van der Waals surface area (Å²) in [7, 11) is 0. The van der Waals surface area contributed by atoms with E-state index in [1.807, 2.05) is 18.2 Å². The molecular formula is C28H40Cl2N6O4. The average molecular weight is 596 g/mol. The van der Waals surface area contributed by atoms with Crippen LogP contribution in [-0.4, -0.2) is 48.3 Å². The molecule has 1 fully saturated rings. The predicted molar refractivity (Wildman–Crippen MR) is 160 cm³/mol. The van der Waals surface area contributed by atoms with Crippen LogP contribution in [0, 0.1) is 5.92 Å². The zero-order valence-corrected chi connectivity index (χ0v) is 24.6. The molecule has 1 aliphatic heterocycles. The Morgan fingerprint density at radius 3 is 2.33 bits per heavy atom. The van der Waals surface area contributed by atoms with Crippen molar-refractivity contribution in [3.05, 3.63) is 71.3 Å². The molecule has 0 aliphatic carbocycles. The third-order valence-electron chi connectivity index (χ3n) is 6.68. The first-order valence-corrected chi connectivity index (χ1v) is 12.9. The third-order valence-corrected chi connectivity index (χ3v) is 6.68. The van der Waals surface area contributed by atoms with Gasteiger partial charge in [-0.25, -0.2) is 4.79 Å². The second-order valence-corrected chi connectivity index (χ2v) is 9.94. The summed E-state index contributed by atoms with van der Waals surface area (Å²) in [5, 5.41) is 12.6. The minimum Gasteiger partial charge on any atom is -0.380 e. The van der Waals surface area contributed by atoms with Crippen molar-refractivity contribution in [1.29, 1.82) is 0 Å². The summed E-state index contributed by atoms with van der Waals surface area (Å²) < 4.78 is 0. The Balaban J connectivity index is 0.00000400. The maximum atomic E-state index is 12.8. The average Bonchev–Trinajstić information content (AvgIpc) is 2.94. The summed E-state index contributed by atoms with van der Waals surface area (Å²) in [5.74, 6) is -0.856. The molecule has 2 amide bonds. The normalized spacial score (nSPS) is 18.4. The highest BCUT2D eigenvalue weighted by Crippen LogP contribution is 2.27. The molecule has 0 aromatic heterocycles. The first-order chi connectivity index (χ1) is 18.2. The molecule has 3 rings (SSSR count). The van der Waals surface area contributed by atoms with Gasteiger partial charge in [0.05, 0.1) is 6.04 Å². The molecule has 1 aliphatic rings. The third kappa shape index (κ3) is 10.1. The highest BCUT2D eigenvalue weighted by molar-refractivity contribution is 5.97. The molecule has 220 valence electrons. The van der Waals surface area contributed by atoms with E-state index in [0.717, 1.165) is 18.5 Å². The van der Waals surface area contributed by atoms with Crippen molar-refractivity contribution in [3.63, 3.8) is 0 Å². The van der Waals surface area contributed by atoms with Crippen LogP contribution in [0.1, 0.15) is 56.2 Å². The Morgan fingerprint density at radius 1 is 1.05 bits per heavy atom. The number of nitrogens with two attached hydrogens (primary N) is 2. The van der Waals surface area contributed by atoms with E-state index < -0.39 is 18.1 Å². The molecular weight excluding hydrogens is 555 g/mol. The number of oxime groups is 1. The second-order valence-electron chi connectivity index (χ2n) is 9.94. The molecule has 0 saturated carbocycles. The molecule has 2 aromatic rings. The van der Waals surface area contributed by atoms with Gasteiger partial charge < -0.3 is 32.3 Å². The van der Waals surface area contributed by atoms with Crippen LogP contribution in [0.3, 0.4) is 0 Å². The van der Waals surface area contributed by atoms with Gasteiger partial charge in [-0.1, -0.05) is 73.6 Å². The maximum Gasteiger partial charge on any atom is 0.351 e. The Morgan fingerprint density at radius 2 is 1.70 bits per heavy atom. The van der Waals surface area contributed by atoms with E-state index in [-0.39, 0.29) is 61.0 Å². The number of rotatable bonds is 10. The Hall–Kier alpha value is -3.18. The topological polar surface area (TPSA) is 161 Å². The van der Waals surface area contributed by atoms with Gasteiger partial charge in [-0.2, -0.15) is 0 Å². The number of halogens is 2. The van der Waals surface area contributed by atoms with Crippen LogP contribution in [0.15, 0.2) is 59.8 Å². The number of hydrogen-bond donors (Lipinski definition) is 5. The maximum absolute atomic E-state index is 12.8. The molecule has 0 radical (unpaired) electrons. The summed E-state index contributed by atoms with van der Waals surface area (Å²) in [6, 6.07) is 15.3. The molecule has 4 atom stereocenters. The van der Waals surface area contributed by atoms with Crippen molar-refractivity contribution in [1.82, 2.24) is 16.0 Å². The number of nitrogens with zero attached hydrogens (tertiary/aromatic N) is 1. The van der Waals surface area contributed by atoms with E-state index in [0.29, 0.717) is 17.9 Å². The molecule has 7 N–H and O–H groups in total. The van der Waals surface area contributed by atoms with Crippen molar-refractivity contribution in [2.24, 2.45) is 22.5 Å². The quantitative estimate of drug-likeness (QED) is 0.122. The van der Waals surface area contributed by atoms with E-state index in [4.69, 9.17) is 16.3 Å². The molecule has 0 unspecified atom stereocenters. The van der Waals surface area contributed by atoms with E-state index in [1.54, 1.807) is 45.0 Å². The van der Waals surface area contributed by atoms with Crippen LogP contribution < -0.4 is 27.4 Å². The van der Waals surface area contributed by atoms with Crippen molar-refractivity contribution in [2.75, 3.05) is 6.54 Å². The van der Waals surface area contributed by atoms with Crippen molar-refractivity contribution < 1.29 is 19.2 Å². The first-order valence-electron chi connectivity index (χ1n) is 12.9. The number of benzene rings is 2. The highest BCUT2D eigenvalue weighted by Gasteiger charge is 2.29. The standard InChI is InChI=1S/C28H38N6O4.2ClH/c1-17(2)24(29)28(37)38-34-25(30)21-11-9-19(10-12-21)16-32-26(35)18(3)33-27(36)23-15-22(13-14-31-23)20-7-5-4-6-8-20;;/h4-12,17-18,22-24,31H,13-16,29H2,1-3H3,(H2,30,34)(H,32,35)(H,33,36);2*1H/t18-,22-,23+,24-;;/m0../s1. The number of hydrogen-bond acceptors (Lipinski definition) is 7. The zero-order valence-electron chi connectivity index (χ0n) is 23.0. The van der Waals surface area contributed by atoms with Gasteiger partial charge in [0, 0.05) is 12.1 Å². The summed E-state index contributed by atoms with van der Waals surface area (Å²) in [5.41, 5.74) is 14.2. The van der Waals surface area contributed by atoms with Crippen LogP contribution >= 0.6 is 24.8 Å². The molecule has 40 heavy (non-hydrogen) atoms.